The molecule has 0 saturated heterocycles. The summed E-state index contributed by atoms with van der Waals surface area (Å²) in [6.07, 6.45) is 0. The number of nitrogens with one attached hydrogen (secondary N) is 1. The van der Waals surface area contributed by atoms with Crippen molar-refractivity contribution in [3.8, 4) is 0 Å². The van der Waals surface area contributed by atoms with E-state index in [0.717, 1.165) is 23.7 Å². The van der Waals surface area contributed by atoms with E-state index in [9.17, 15) is 4.79 Å². The number of rotatable bonds is 7. The largest absolute Gasteiger partial charge is 0.478 e. The summed E-state index contributed by atoms with van der Waals surface area (Å²) in [6.45, 7) is 1.63. The summed E-state index contributed by atoms with van der Waals surface area (Å²) in [6, 6.07) is 12.0. The van der Waals surface area contributed by atoms with Crippen molar-refractivity contribution < 1.29 is 9.90 Å². The van der Waals surface area contributed by atoms with Crippen molar-refractivity contribution in [1.29, 1.82) is 0 Å². The predicted molar refractivity (Wildman–Crippen MR) is 80.2 cm³/mol. The Balaban J connectivity index is 1.65. The Morgan fingerprint density at radius 1 is 1.32 bits per heavy atom. The Morgan fingerprint density at radius 3 is 2.79 bits per heavy atom. The van der Waals surface area contributed by atoms with Crippen LogP contribution >= 0.6 is 23.1 Å². The van der Waals surface area contributed by atoms with Crippen LogP contribution in [0.5, 0.6) is 0 Å². The van der Waals surface area contributed by atoms with E-state index in [-0.39, 0.29) is 0 Å². The molecule has 2 rings (SSSR count). The van der Waals surface area contributed by atoms with Gasteiger partial charge in [0.1, 0.15) is 0 Å². The Kier molecular flexibility index (Phi) is 5.44. The van der Waals surface area contributed by atoms with E-state index in [1.54, 1.807) is 11.4 Å². The van der Waals surface area contributed by atoms with Crippen LogP contribution < -0.4 is 5.32 Å². The fraction of sp³-hybridized carbons (Fsp3) is 0.214. The number of hydrogen-bond donors (Lipinski definition) is 2. The number of carboxylic acids is 1. The van der Waals surface area contributed by atoms with E-state index in [0.29, 0.717) is 5.56 Å². The van der Waals surface area contributed by atoms with E-state index < -0.39 is 5.97 Å². The third-order valence-corrected chi connectivity index (χ3v) is 4.44. The van der Waals surface area contributed by atoms with Crippen LogP contribution in [0.15, 0.2) is 46.7 Å². The van der Waals surface area contributed by atoms with Gasteiger partial charge in [0.05, 0.1) is 5.56 Å². The molecule has 3 nitrogen and oxygen atoms in total. The third kappa shape index (κ3) is 4.70. The van der Waals surface area contributed by atoms with E-state index in [4.69, 9.17) is 5.11 Å². The summed E-state index contributed by atoms with van der Waals surface area (Å²) in [5.41, 5.74) is 0.375. The minimum absolute atomic E-state index is 0.375. The maximum absolute atomic E-state index is 10.7. The van der Waals surface area contributed by atoms with Gasteiger partial charge in [-0.2, -0.15) is 0 Å². The second kappa shape index (κ2) is 7.33. The van der Waals surface area contributed by atoms with Crippen LogP contribution in [-0.4, -0.2) is 23.4 Å². The molecule has 0 fully saturated rings. The first kappa shape index (κ1) is 14.1. The molecule has 19 heavy (non-hydrogen) atoms. The van der Waals surface area contributed by atoms with Gasteiger partial charge in [0, 0.05) is 34.0 Å². The maximum atomic E-state index is 10.7. The highest BCUT2D eigenvalue weighted by molar-refractivity contribution is 7.99. The first-order chi connectivity index (χ1) is 9.25. The molecule has 0 spiro atoms. The number of benzene rings is 1. The van der Waals surface area contributed by atoms with Gasteiger partial charge in [-0.3, -0.25) is 0 Å². The molecule has 0 aliphatic rings. The average molecular weight is 293 g/mol. The quantitative estimate of drug-likeness (QED) is 0.607. The van der Waals surface area contributed by atoms with Gasteiger partial charge in [0.2, 0.25) is 0 Å². The van der Waals surface area contributed by atoms with Gasteiger partial charge >= 0.3 is 5.97 Å². The SMILES string of the molecule is O=C(O)c1csc(CNCCSc2ccccc2)c1. The van der Waals surface area contributed by atoms with Gasteiger partial charge in [0.25, 0.3) is 0 Å². The van der Waals surface area contributed by atoms with Crippen molar-refractivity contribution in [1.82, 2.24) is 5.32 Å². The number of thiophene rings is 1. The van der Waals surface area contributed by atoms with Gasteiger partial charge in [0.15, 0.2) is 0 Å². The average Bonchev–Trinajstić information content (AvgIpc) is 2.89. The van der Waals surface area contributed by atoms with Crippen molar-refractivity contribution >= 4 is 29.1 Å². The lowest BCUT2D eigenvalue weighted by atomic mass is 10.3. The second-order valence-corrected chi connectivity index (χ2v) is 6.11. The molecule has 1 aromatic heterocycles. The van der Waals surface area contributed by atoms with Crippen molar-refractivity contribution in [2.45, 2.75) is 11.4 Å². The first-order valence-electron chi connectivity index (χ1n) is 5.95. The summed E-state index contributed by atoms with van der Waals surface area (Å²) in [5.74, 6) is 0.142. The van der Waals surface area contributed by atoms with E-state index in [1.807, 2.05) is 30.0 Å². The minimum Gasteiger partial charge on any atom is -0.478 e. The van der Waals surface area contributed by atoms with Gasteiger partial charge in [-0.05, 0) is 18.2 Å². The summed E-state index contributed by atoms with van der Waals surface area (Å²) in [5, 5.41) is 13.8. The molecule has 0 aliphatic carbocycles. The van der Waals surface area contributed by atoms with Gasteiger partial charge in [-0.1, -0.05) is 18.2 Å². The highest BCUT2D eigenvalue weighted by Crippen LogP contribution is 2.16. The zero-order chi connectivity index (χ0) is 13.5. The van der Waals surface area contributed by atoms with Crippen LogP contribution in [0.1, 0.15) is 15.2 Å². The van der Waals surface area contributed by atoms with Gasteiger partial charge < -0.3 is 10.4 Å². The maximum Gasteiger partial charge on any atom is 0.336 e. The van der Waals surface area contributed by atoms with Crippen molar-refractivity contribution in [3.63, 3.8) is 0 Å². The third-order valence-electron chi connectivity index (χ3n) is 2.49. The van der Waals surface area contributed by atoms with Crippen molar-refractivity contribution in [2.24, 2.45) is 0 Å². The van der Waals surface area contributed by atoms with Gasteiger partial charge in [-0.15, -0.1) is 23.1 Å². The highest BCUT2D eigenvalue weighted by Gasteiger charge is 2.05. The Morgan fingerprint density at radius 2 is 2.11 bits per heavy atom. The molecule has 2 aromatic rings. The van der Waals surface area contributed by atoms with E-state index >= 15 is 0 Å². The number of thioether (sulfide) groups is 1. The molecule has 5 heteroatoms. The number of carbonyl (C=O) groups is 1. The highest BCUT2D eigenvalue weighted by atomic mass is 32.2. The molecule has 0 bridgehead atoms. The summed E-state index contributed by atoms with van der Waals surface area (Å²) >= 11 is 3.29. The molecule has 0 unspecified atom stereocenters. The number of aromatic carboxylic acids is 1. The lowest BCUT2D eigenvalue weighted by Gasteiger charge is -2.03. The molecule has 1 aromatic carbocycles. The van der Waals surface area contributed by atoms with Crippen LogP contribution in [0.3, 0.4) is 0 Å². The molecule has 0 saturated carbocycles. The zero-order valence-electron chi connectivity index (χ0n) is 10.3. The normalized spacial score (nSPS) is 10.5. The Hall–Kier alpha value is -1.30. The molecule has 100 valence electrons. The fourth-order valence-corrected chi connectivity index (χ4v) is 3.21. The summed E-state index contributed by atoms with van der Waals surface area (Å²) in [7, 11) is 0. The van der Waals surface area contributed by atoms with Gasteiger partial charge in [-0.25, -0.2) is 4.79 Å². The van der Waals surface area contributed by atoms with Crippen molar-refractivity contribution in [3.05, 3.63) is 52.2 Å². The molecule has 0 radical (unpaired) electrons. The van der Waals surface area contributed by atoms with Crippen LogP contribution in [0.4, 0.5) is 0 Å². The Labute approximate surface area is 120 Å². The topological polar surface area (TPSA) is 49.3 Å². The summed E-state index contributed by atoms with van der Waals surface area (Å²) in [4.78, 5) is 13.1. The molecular formula is C14H15NO2S2. The molecule has 0 amide bonds. The molecule has 0 aliphatic heterocycles. The predicted octanol–water partition coefficient (Wildman–Crippen LogP) is 3.33. The van der Waals surface area contributed by atoms with E-state index in [2.05, 4.69) is 17.4 Å². The van der Waals surface area contributed by atoms with Crippen LogP contribution in [0.25, 0.3) is 0 Å². The molecular weight excluding hydrogens is 278 g/mol. The first-order valence-corrected chi connectivity index (χ1v) is 7.81. The van der Waals surface area contributed by atoms with Crippen LogP contribution in [0.2, 0.25) is 0 Å². The van der Waals surface area contributed by atoms with E-state index in [1.165, 1.54) is 16.2 Å². The lowest BCUT2D eigenvalue weighted by Crippen LogP contribution is -2.15. The Bertz CT molecular complexity index is 525. The minimum atomic E-state index is -0.859. The van der Waals surface area contributed by atoms with Crippen molar-refractivity contribution in [2.75, 3.05) is 12.3 Å². The number of hydrogen-bond acceptors (Lipinski definition) is 4. The zero-order valence-corrected chi connectivity index (χ0v) is 12.0. The summed E-state index contributed by atoms with van der Waals surface area (Å²) < 4.78 is 0. The smallest absolute Gasteiger partial charge is 0.336 e. The lowest BCUT2D eigenvalue weighted by molar-refractivity contribution is 0.0697. The van der Waals surface area contributed by atoms with Crippen LogP contribution in [0, 0.1) is 0 Å². The second-order valence-electron chi connectivity index (χ2n) is 3.95. The fourth-order valence-electron chi connectivity index (χ4n) is 1.55. The molecule has 2 N–H and O–H groups in total. The monoisotopic (exact) mass is 293 g/mol. The number of carboxylic acid groups (broad SMARTS) is 1. The molecule has 1 heterocycles. The van der Waals surface area contributed by atoms with Crippen LogP contribution in [-0.2, 0) is 6.54 Å². The standard InChI is InChI=1S/C14H15NO2S2/c16-14(17)11-8-13(19-10-11)9-15-6-7-18-12-4-2-1-3-5-12/h1-5,8,10,15H,6-7,9H2,(H,16,17). The molecule has 0 atom stereocenters.